The molecule has 1 aromatic rings. The number of esters is 1. The number of rotatable bonds is 4. The van der Waals surface area contributed by atoms with Gasteiger partial charge in [-0.25, -0.2) is 4.39 Å². The Labute approximate surface area is 111 Å². The summed E-state index contributed by atoms with van der Waals surface area (Å²) in [6.45, 7) is 2.00. The van der Waals surface area contributed by atoms with Gasteiger partial charge in [-0.05, 0) is 36.8 Å². The minimum Gasteiger partial charge on any atom is -0.466 e. The summed E-state index contributed by atoms with van der Waals surface area (Å²) in [7, 11) is 1.67. The van der Waals surface area contributed by atoms with E-state index in [1.165, 1.54) is 12.1 Å². The molecule has 98 valence electrons. The first-order chi connectivity index (χ1) is 8.56. The van der Waals surface area contributed by atoms with Crippen molar-refractivity contribution in [3.63, 3.8) is 0 Å². The normalized spacial score (nSPS) is 9.72. The number of carbonyl (C=O) groups excluding carboxylic acids is 1. The maximum Gasteiger partial charge on any atom is 0.310 e. The van der Waals surface area contributed by atoms with E-state index in [9.17, 15) is 9.18 Å². The highest BCUT2D eigenvalue weighted by Crippen LogP contribution is 2.15. The van der Waals surface area contributed by atoms with Gasteiger partial charge in [0.2, 0.25) is 0 Å². The van der Waals surface area contributed by atoms with Crippen molar-refractivity contribution >= 4 is 29.0 Å². The predicted octanol–water partition coefficient (Wildman–Crippen LogP) is 1.85. The van der Waals surface area contributed by atoms with E-state index in [-0.39, 0.29) is 13.0 Å². The second-order valence-corrected chi connectivity index (χ2v) is 3.90. The number of hydrogen-bond donors (Lipinski definition) is 2. The third-order valence-electron chi connectivity index (χ3n) is 2.18. The maximum absolute atomic E-state index is 13.7. The number of thiocarbonyl (C=S) groups is 1. The zero-order valence-corrected chi connectivity index (χ0v) is 11.1. The maximum atomic E-state index is 13.7. The second kappa shape index (κ2) is 6.90. The Bertz CT molecular complexity index is 452. The summed E-state index contributed by atoms with van der Waals surface area (Å²) in [5, 5.41) is 5.92. The smallest absolute Gasteiger partial charge is 0.310 e. The summed E-state index contributed by atoms with van der Waals surface area (Å²) < 4.78 is 18.5. The van der Waals surface area contributed by atoms with Gasteiger partial charge >= 0.3 is 5.97 Å². The van der Waals surface area contributed by atoms with Crippen LogP contribution in [0.2, 0.25) is 0 Å². The summed E-state index contributed by atoms with van der Waals surface area (Å²) in [5.41, 5.74) is 0.828. The van der Waals surface area contributed by atoms with Crippen molar-refractivity contribution in [3.05, 3.63) is 29.6 Å². The summed E-state index contributed by atoms with van der Waals surface area (Å²) in [6, 6.07) is 4.48. The lowest BCUT2D eigenvalue weighted by molar-refractivity contribution is -0.142. The second-order valence-electron chi connectivity index (χ2n) is 3.49. The quantitative estimate of drug-likeness (QED) is 0.646. The van der Waals surface area contributed by atoms with Crippen molar-refractivity contribution in [1.29, 1.82) is 0 Å². The average Bonchev–Trinajstić information content (AvgIpc) is 2.33. The van der Waals surface area contributed by atoms with Gasteiger partial charge < -0.3 is 15.4 Å². The molecule has 0 atom stereocenters. The Hall–Kier alpha value is -1.69. The first-order valence-electron chi connectivity index (χ1n) is 5.49. The molecule has 0 radical (unpaired) electrons. The molecule has 0 aliphatic carbocycles. The Morgan fingerprint density at radius 1 is 1.50 bits per heavy atom. The van der Waals surface area contributed by atoms with Gasteiger partial charge in [0.25, 0.3) is 0 Å². The topological polar surface area (TPSA) is 50.4 Å². The zero-order chi connectivity index (χ0) is 13.5. The molecule has 2 N–H and O–H groups in total. The van der Waals surface area contributed by atoms with E-state index in [2.05, 4.69) is 10.6 Å². The zero-order valence-electron chi connectivity index (χ0n) is 10.2. The number of hydrogen-bond acceptors (Lipinski definition) is 3. The van der Waals surface area contributed by atoms with Crippen molar-refractivity contribution in [1.82, 2.24) is 5.32 Å². The van der Waals surface area contributed by atoms with Crippen LogP contribution in [0.1, 0.15) is 12.5 Å². The first kappa shape index (κ1) is 14.4. The van der Waals surface area contributed by atoms with E-state index < -0.39 is 11.8 Å². The van der Waals surface area contributed by atoms with Crippen LogP contribution in [0.25, 0.3) is 0 Å². The first-order valence-corrected chi connectivity index (χ1v) is 5.90. The van der Waals surface area contributed by atoms with Crippen LogP contribution < -0.4 is 10.6 Å². The summed E-state index contributed by atoms with van der Waals surface area (Å²) in [6.07, 6.45) is -0.0730. The average molecular weight is 270 g/mol. The summed E-state index contributed by atoms with van der Waals surface area (Å²) in [5.74, 6) is -0.908. The molecule has 0 spiro atoms. The van der Waals surface area contributed by atoms with Gasteiger partial charge in [0.15, 0.2) is 5.11 Å². The van der Waals surface area contributed by atoms with E-state index in [1.807, 2.05) is 0 Å². The summed E-state index contributed by atoms with van der Waals surface area (Å²) in [4.78, 5) is 11.2. The van der Waals surface area contributed by atoms with E-state index in [1.54, 1.807) is 20.0 Å². The van der Waals surface area contributed by atoms with Gasteiger partial charge in [-0.2, -0.15) is 0 Å². The van der Waals surface area contributed by atoms with Gasteiger partial charge in [-0.15, -0.1) is 0 Å². The van der Waals surface area contributed by atoms with Crippen LogP contribution in [-0.4, -0.2) is 24.7 Å². The third-order valence-corrected chi connectivity index (χ3v) is 2.48. The van der Waals surface area contributed by atoms with Gasteiger partial charge in [-0.1, -0.05) is 6.07 Å². The third kappa shape index (κ3) is 4.29. The molecule has 0 aromatic heterocycles. The fourth-order valence-corrected chi connectivity index (χ4v) is 1.45. The highest BCUT2D eigenvalue weighted by molar-refractivity contribution is 7.80. The number of anilines is 1. The van der Waals surface area contributed by atoms with Gasteiger partial charge in [0, 0.05) is 12.7 Å². The molecule has 0 saturated heterocycles. The molecule has 4 nitrogen and oxygen atoms in total. The lowest BCUT2D eigenvalue weighted by atomic mass is 10.1. The van der Waals surface area contributed by atoms with Crippen molar-refractivity contribution in [2.75, 3.05) is 19.0 Å². The van der Waals surface area contributed by atoms with E-state index in [4.69, 9.17) is 17.0 Å². The Morgan fingerprint density at radius 3 is 2.78 bits per heavy atom. The van der Waals surface area contributed by atoms with E-state index in [0.717, 1.165) is 0 Å². The Balaban J connectivity index is 2.73. The largest absolute Gasteiger partial charge is 0.466 e. The van der Waals surface area contributed by atoms with Gasteiger partial charge in [0.1, 0.15) is 5.82 Å². The van der Waals surface area contributed by atoms with Crippen LogP contribution in [0.15, 0.2) is 18.2 Å². The number of benzene rings is 1. The number of ether oxygens (including phenoxy) is 1. The molecule has 0 fully saturated rings. The molecule has 1 rings (SSSR count). The minimum absolute atomic E-state index is 0.0730. The lowest BCUT2D eigenvalue weighted by Crippen LogP contribution is -2.24. The Kier molecular flexibility index (Phi) is 5.51. The molecule has 0 saturated carbocycles. The molecule has 0 heterocycles. The molecular formula is C12H15FN2O2S. The van der Waals surface area contributed by atoms with Gasteiger partial charge in [-0.3, -0.25) is 4.79 Å². The molecule has 0 aliphatic rings. The fraction of sp³-hybridized carbons (Fsp3) is 0.333. The molecular weight excluding hydrogens is 255 g/mol. The molecule has 0 unspecified atom stereocenters. The van der Waals surface area contributed by atoms with E-state index in [0.29, 0.717) is 16.4 Å². The molecule has 0 amide bonds. The number of nitrogens with one attached hydrogen (secondary N) is 2. The minimum atomic E-state index is -0.466. The van der Waals surface area contributed by atoms with Gasteiger partial charge in [0.05, 0.1) is 13.0 Å². The standard InChI is InChI=1S/C12H15FN2O2S/c1-3-17-11(16)6-8-4-5-9(7-10(8)13)15-12(18)14-2/h4-5,7H,3,6H2,1-2H3,(H2,14,15,18). The van der Waals surface area contributed by atoms with Crippen molar-refractivity contribution in [2.24, 2.45) is 0 Å². The monoisotopic (exact) mass is 270 g/mol. The van der Waals surface area contributed by atoms with Crippen LogP contribution in [-0.2, 0) is 16.0 Å². The van der Waals surface area contributed by atoms with Crippen LogP contribution in [0.5, 0.6) is 0 Å². The van der Waals surface area contributed by atoms with Crippen molar-refractivity contribution in [2.45, 2.75) is 13.3 Å². The summed E-state index contributed by atoms with van der Waals surface area (Å²) >= 11 is 4.90. The highest BCUT2D eigenvalue weighted by atomic mass is 32.1. The SMILES string of the molecule is CCOC(=O)Cc1ccc(NC(=S)NC)cc1F. The number of halogens is 1. The highest BCUT2D eigenvalue weighted by Gasteiger charge is 2.09. The Morgan fingerprint density at radius 2 is 2.22 bits per heavy atom. The van der Waals surface area contributed by atoms with Crippen molar-refractivity contribution < 1.29 is 13.9 Å². The van der Waals surface area contributed by atoms with Crippen LogP contribution in [0.4, 0.5) is 10.1 Å². The number of carbonyl (C=O) groups is 1. The molecule has 0 bridgehead atoms. The van der Waals surface area contributed by atoms with Crippen LogP contribution in [0, 0.1) is 5.82 Å². The van der Waals surface area contributed by atoms with Crippen LogP contribution >= 0.6 is 12.2 Å². The van der Waals surface area contributed by atoms with Crippen molar-refractivity contribution in [3.8, 4) is 0 Å². The predicted molar refractivity (Wildman–Crippen MR) is 72.0 cm³/mol. The lowest BCUT2D eigenvalue weighted by Gasteiger charge is -2.09. The molecule has 0 aliphatic heterocycles. The van der Waals surface area contributed by atoms with Crippen LogP contribution in [0.3, 0.4) is 0 Å². The molecule has 1 aromatic carbocycles. The molecule has 18 heavy (non-hydrogen) atoms. The molecule has 6 heteroatoms. The van der Waals surface area contributed by atoms with E-state index >= 15 is 0 Å². The fourth-order valence-electron chi connectivity index (χ4n) is 1.33.